The first kappa shape index (κ1) is 14.5. The van der Waals surface area contributed by atoms with E-state index >= 15 is 0 Å². The number of rotatable bonds is 3. The quantitative estimate of drug-likeness (QED) is 0.540. The zero-order valence-electron chi connectivity index (χ0n) is 13.8. The third-order valence-corrected chi connectivity index (χ3v) is 4.12. The topological polar surface area (TPSA) is 98.3 Å². The second-order valence-electron chi connectivity index (χ2n) is 5.92. The van der Waals surface area contributed by atoms with E-state index in [1.807, 2.05) is 55.5 Å². The first-order chi connectivity index (χ1) is 12.8. The van der Waals surface area contributed by atoms with Crippen molar-refractivity contribution >= 4 is 10.9 Å². The Morgan fingerprint density at radius 3 is 2.77 bits per heavy atom. The second-order valence-corrected chi connectivity index (χ2v) is 5.92. The van der Waals surface area contributed by atoms with Gasteiger partial charge in [-0.2, -0.15) is 10.1 Å². The van der Waals surface area contributed by atoms with Crippen molar-refractivity contribution in [3.63, 3.8) is 0 Å². The minimum Gasteiger partial charge on any atom is -0.332 e. The van der Waals surface area contributed by atoms with E-state index in [4.69, 9.17) is 4.52 Å². The van der Waals surface area contributed by atoms with E-state index in [9.17, 15) is 0 Å². The standard InChI is InChI=1S/C18H13N7O/c1-11-6-8-12(9-7-11)25-10-15(21-24-25)18-19-17(23-26-18)16-13-4-2-3-5-14(13)20-22-16/h2-10H,1H3,(H,20,22). The molecule has 8 nitrogen and oxygen atoms in total. The van der Waals surface area contributed by atoms with Gasteiger partial charge in [0.15, 0.2) is 5.69 Å². The van der Waals surface area contributed by atoms with Crippen molar-refractivity contribution in [1.82, 2.24) is 35.3 Å². The average molecular weight is 343 g/mol. The van der Waals surface area contributed by atoms with Gasteiger partial charge in [0.05, 0.1) is 17.4 Å². The molecule has 0 saturated heterocycles. The molecule has 0 unspecified atom stereocenters. The third-order valence-electron chi connectivity index (χ3n) is 4.12. The normalized spacial score (nSPS) is 11.3. The number of nitrogens with zero attached hydrogens (tertiary/aromatic N) is 6. The zero-order valence-corrected chi connectivity index (χ0v) is 13.8. The molecule has 5 aromatic rings. The predicted molar refractivity (Wildman–Crippen MR) is 94.5 cm³/mol. The van der Waals surface area contributed by atoms with Crippen LogP contribution in [0.1, 0.15) is 5.56 Å². The molecule has 3 aromatic heterocycles. The molecule has 0 amide bonds. The summed E-state index contributed by atoms with van der Waals surface area (Å²) in [5, 5.41) is 20.5. The number of aryl methyl sites for hydroxylation is 1. The summed E-state index contributed by atoms with van der Waals surface area (Å²) in [7, 11) is 0. The van der Waals surface area contributed by atoms with Gasteiger partial charge in [0.1, 0.15) is 5.69 Å². The number of nitrogens with one attached hydrogen (secondary N) is 1. The van der Waals surface area contributed by atoms with E-state index in [0.29, 0.717) is 23.1 Å². The van der Waals surface area contributed by atoms with Crippen LogP contribution in [0.5, 0.6) is 0 Å². The van der Waals surface area contributed by atoms with Crippen molar-refractivity contribution in [2.75, 3.05) is 0 Å². The van der Waals surface area contributed by atoms with Gasteiger partial charge in [0, 0.05) is 5.39 Å². The highest BCUT2D eigenvalue weighted by atomic mass is 16.5. The minimum atomic E-state index is 0.297. The van der Waals surface area contributed by atoms with E-state index in [2.05, 4.69) is 30.7 Å². The van der Waals surface area contributed by atoms with Crippen LogP contribution >= 0.6 is 0 Å². The maximum absolute atomic E-state index is 5.36. The van der Waals surface area contributed by atoms with Crippen molar-refractivity contribution in [3.05, 3.63) is 60.3 Å². The maximum atomic E-state index is 5.36. The SMILES string of the molecule is Cc1ccc(-n2cc(-c3nc(-c4n[nH]c5ccccc45)no3)nn2)cc1. The minimum absolute atomic E-state index is 0.297. The highest BCUT2D eigenvalue weighted by Gasteiger charge is 2.17. The monoisotopic (exact) mass is 343 g/mol. The van der Waals surface area contributed by atoms with Crippen LogP contribution in [0.2, 0.25) is 0 Å². The van der Waals surface area contributed by atoms with Crippen LogP contribution in [-0.2, 0) is 0 Å². The Morgan fingerprint density at radius 1 is 1.04 bits per heavy atom. The Kier molecular flexibility index (Phi) is 3.14. The number of hydrogen-bond donors (Lipinski definition) is 1. The molecule has 126 valence electrons. The Morgan fingerprint density at radius 2 is 1.88 bits per heavy atom. The molecule has 0 aliphatic heterocycles. The Labute approximate surface area is 147 Å². The van der Waals surface area contributed by atoms with Crippen LogP contribution < -0.4 is 0 Å². The predicted octanol–water partition coefficient (Wildman–Crippen LogP) is 3.17. The van der Waals surface area contributed by atoms with Crippen LogP contribution in [0.15, 0.2) is 59.3 Å². The number of para-hydroxylation sites is 1. The molecule has 0 saturated carbocycles. The lowest BCUT2D eigenvalue weighted by molar-refractivity contribution is 0.430. The van der Waals surface area contributed by atoms with Gasteiger partial charge in [-0.1, -0.05) is 46.3 Å². The van der Waals surface area contributed by atoms with Gasteiger partial charge < -0.3 is 4.52 Å². The van der Waals surface area contributed by atoms with Crippen LogP contribution in [0.3, 0.4) is 0 Å². The molecular weight excluding hydrogens is 330 g/mol. The van der Waals surface area contributed by atoms with Crippen LogP contribution in [0.25, 0.3) is 39.7 Å². The fourth-order valence-electron chi connectivity index (χ4n) is 2.74. The second kappa shape index (κ2) is 5.62. The summed E-state index contributed by atoms with van der Waals surface area (Å²) in [5.74, 6) is 0.702. The van der Waals surface area contributed by atoms with Crippen molar-refractivity contribution < 1.29 is 4.52 Å². The van der Waals surface area contributed by atoms with Gasteiger partial charge >= 0.3 is 0 Å². The lowest BCUT2D eigenvalue weighted by Crippen LogP contribution is -1.94. The molecular formula is C18H13N7O. The van der Waals surface area contributed by atoms with Crippen molar-refractivity contribution in [2.24, 2.45) is 0 Å². The Hall–Kier alpha value is -3.81. The highest BCUT2D eigenvalue weighted by Crippen LogP contribution is 2.25. The number of aromatic nitrogens is 7. The number of fused-ring (bicyclic) bond motifs is 1. The van der Waals surface area contributed by atoms with Crippen molar-refractivity contribution in [1.29, 1.82) is 0 Å². The van der Waals surface area contributed by atoms with Gasteiger partial charge in [-0.3, -0.25) is 5.10 Å². The summed E-state index contributed by atoms with van der Waals surface area (Å²) in [6.45, 7) is 2.04. The van der Waals surface area contributed by atoms with Gasteiger partial charge in [0.25, 0.3) is 5.89 Å². The van der Waals surface area contributed by atoms with E-state index in [0.717, 1.165) is 16.6 Å². The van der Waals surface area contributed by atoms with E-state index in [-0.39, 0.29) is 0 Å². The summed E-state index contributed by atoms with van der Waals surface area (Å²) in [6, 6.07) is 15.8. The molecule has 0 fully saturated rings. The number of H-pyrrole nitrogens is 1. The highest BCUT2D eigenvalue weighted by molar-refractivity contribution is 5.90. The van der Waals surface area contributed by atoms with Gasteiger partial charge in [-0.25, -0.2) is 4.68 Å². The molecule has 5 rings (SSSR count). The zero-order chi connectivity index (χ0) is 17.5. The molecule has 26 heavy (non-hydrogen) atoms. The first-order valence-electron chi connectivity index (χ1n) is 8.05. The fourth-order valence-corrected chi connectivity index (χ4v) is 2.74. The summed E-state index contributed by atoms with van der Waals surface area (Å²) in [5.41, 5.74) is 4.15. The molecule has 0 aliphatic rings. The summed E-state index contributed by atoms with van der Waals surface area (Å²) in [6.07, 6.45) is 1.75. The van der Waals surface area contributed by atoms with Gasteiger partial charge in [-0.15, -0.1) is 5.10 Å². The van der Waals surface area contributed by atoms with Crippen molar-refractivity contribution in [3.8, 4) is 28.8 Å². The molecule has 8 heteroatoms. The number of aromatic amines is 1. The largest absolute Gasteiger partial charge is 0.332 e. The molecule has 0 aliphatic carbocycles. The van der Waals surface area contributed by atoms with E-state index < -0.39 is 0 Å². The van der Waals surface area contributed by atoms with Crippen molar-refractivity contribution in [2.45, 2.75) is 6.92 Å². The van der Waals surface area contributed by atoms with E-state index in [1.165, 1.54) is 5.56 Å². The molecule has 0 radical (unpaired) electrons. The summed E-state index contributed by atoms with van der Waals surface area (Å²) in [4.78, 5) is 4.42. The first-order valence-corrected chi connectivity index (χ1v) is 8.05. The number of hydrogen-bond acceptors (Lipinski definition) is 6. The average Bonchev–Trinajstić information content (AvgIpc) is 3.40. The molecule has 3 heterocycles. The van der Waals surface area contributed by atoms with Gasteiger partial charge in [0.2, 0.25) is 5.82 Å². The molecule has 0 atom stereocenters. The summed E-state index contributed by atoms with van der Waals surface area (Å²) < 4.78 is 7.03. The molecule has 0 bridgehead atoms. The van der Waals surface area contributed by atoms with Crippen LogP contribution in [0, 0.1) is 6.92 Å². The smallest absolute Gasteiger partial charge is 0.280 e. The fraction of sp³-hybridized carbons (Fsp3) is 0.0556. The third kappa shape index (κ3) is 2.35. The molecule has 2 aromatic carbocycles. The summed E-state index contributed by atoms with van der Waals surface area (Å²) >= 11 is 0. The van der Waals surface area contributed by atoms with Gasteiger partial charge in [-0.05, 0) is 25.1 Å². The Balaban J connectivity index is 1.50. The van der Waals surface area contributed by atoms with Crippen LogP contribution in [-0.4, -0.2) is 35.3 Å². The lowest BCUT2D eigenvalue weighted by Gasteiger charge is -1.99. The number of benzene rings is 2. The molecule has 1 N–H and O–H groups in total. The van der Waals surface area contributed by atoms with Crippen LogP contribution in [0.4, 0.5) is 0 Å². The Bertz CT molecular complexity index is 1200. The van der Waals surface area contributed by atoms with E-state index in [1.54, 1.807) is 10.9 Å². The lowest BCUT2D eigenvalue weighted by atomic mass is 10.2. The molecule has 0 spiro atoms. The maximum Gasteiger partial charge on any atom is 0.280 e.